The minimum atomic E-state index is -0.589. The van der Waals surface area contributed by atoms with Crippen molar-refractivity contribution < 1.29 is 9.84 Å². The van der Waals surface area contributed by atoms with E-state index in [0.717, 1.165) is 12.8 Å². The summed E-state index contributed by atoms with van der Waals surface area (Å²) in [6.45, 7) is 5.92. The first-order chi connectivity index (χ1) is 4.58. The van der Waals surface area contributed by atoms with E-state index in [1.54, 1.807) is 0 Å². The molecule has 1 saturated heterocycles. The summed E-state index contributed by atoms with van der Waals surface area (Å²) in [5.74, 6) is 0. The van der Waals surface area contributed by atoms with Crippen molar-refractivity contribution in [3.8, 4) is 0 Å². The number of aliphatic hydroxyl groups is 1. The Labute approximate surface area is 62.2 Å². The third-order valence-corrected chi connectivity index (χ3v) is 2.08. The van der Waals surface area contributed by atoms with Gasteiger partial charge in [-0.2, -0.15) is 0 Å². The van der Waals surface area contributed by atoms with Crippen LogP contribution in [0.3, 0.4) is 0 Å². The molecule has 2 nitrogen and oxygen atoms in total. The minimum Gasteiger partial charge on any atom is -0.387 e. The Kier molecular flexibility index (Phi) is 2.02. The Balaban J connectivity index is 2.36. The second-order valence-electron chi connectivity index (χ2n) is 3.37. The molecule has 0 radical (unpaired) electrons. The second-order valence-corrected chi connectivity index (χ2v) is 3.37. The van der Waals surface area contributed by atoms with Gasteiger partial charge in [-0.15, -0.1) is 0 Å². The summed E-state index contributed by atoms with van der Waals surface area (Å²) in [5.41, 5.74) is -0.589. The third kappa shape index (κ3) is 1.50. The van der Waals surface area contributed by atoms with Crippen molar-refractivity contribution in [2.45, 2.75) is 51.4 Å². The van der Waals surface area contributed by atoms with E-state index < -0.39 is 5.60 Å². The molecule has 0 aromatic heterocycles. The fourth-order valence-corrected chi connectivity index (χ4v) is 1.49. The molecule has 1 fully saturated rings. The molecule has 1 aliphatic heterocycles. The summed E-state index contributed by atoms with van der Waals surface area (Å²) < 4.78 is 5.18. The van der Waals surface area contributed by atoms with Crippen LogP contribution in [0.4, 0.5) is 0 Å². The van der Waals surface area contributed by atoms with Crippen LogP contribution in [-0.4, -0.2) is 22.9 Å². The predicted octanol–water partition coefficient (Wildman–Crippen LogP) is 1.32. The molecule has 0 aliphatic carbocycles. The smallest absolute Gasteiger partial charge is 0.112 e. The lowest BCUT2D eigenvalue weighted by Crippen LogP contribution is -2.31. The number of ether oxygens (including phenoxy) is 1. The molecular weight excluding hydrogens is 128 g/mol. The Morgan fingerprint density at radius 1 is 1.60 bits per heavy atom. The summed E-state index contributed by atoms with van der Waals surface area (Å²) in [4.78, 5) is 0. The standard InChI is InChI=1S/C8H16O2/c1-4-5-8(3,9)7-6(2)10-7/h6-7,9H,4-5H2,1-3H3/t6-,7+,8+/m0/s1. The van der Waals surface area contributed by atoms with Gasteiger partial charge in [0.05, 0.1) is 11.7 Å². The van der Waals surface area contributed by atoms with E-state index in [4.69, 9.17) is 4.74 Å². The molecule has 0 saturated carbocycles. The van der Waals surface area contributed by atoms with Crippen LogP contribution in [-0.2, 0) is 4.74 Å². The van der Waals surface area contributed by atoms with Crippen molar-refractivity contribution in [3.63, 3.8) is 0 Å². The van der Waals surface area contributed by atoms with Gasteiger partial charge in [0, 0.05) is 0 Å². The number of hydrogen-bond donors (Lipinski definition) is 1. The lowest BCUT2D eigenvalue weighted by atomic mass is 9.95. The average Bonchev–Trinajstić information content (AvgIpc) is 2.46. The van der Waals surface area contributed by atoms with Crippen LogP contribution < -0.4 is 0 Å². The molecule has 0 aromatic carbocycles. The van der Waals surface area contributed by atoms with Gasteiger partial charge in [0.2, 0.25) is 0 Å². The van der Waals surface area contributed by atoms with Gasteiger partial charge in [0.25, 0.3) is 0 Å². The third-order valence-electron chi connectivity index (χ3n) is 2.08. The highest BCUT2D eigenvalue weighted by Crippen LogP contribution is 2.34. The first kappa shape index (κ1) is 8.02. The van der Waals surface area contributed by atoms with Crippen molar-refractivity contribution in [2.75, 3.05) is 0 Å². The van der Waals surface area contributed by atoms with Crippen molar-refractivity contribution >= 4 is 0 Å². The Morgan fingerprint density at radius 3 is 2.40 bits per heavy atom. The molecule has 0 spiro atoms. The second kappa shape index (κ2) is 2.51. The largest absolute Gasteiger partial charge is 0.387 e. The van der Waals surface area contributed by atoms with Crippen LogP contribution in [0.2, 0.25) is 0 Å². The zero-order valence-corrected chi connectivity index (χ0v) is 6.92. The molecule has 60 valence electrons. The Morgan fingerprint density at radius 2 is 2.10 bits per heavy atom. The molecule has 0 aromatic rings. The van der Waals surface area contributed by atoms with E-state index in [-0.39, 0.29) is 12.2 Å². The number of rotatable bonds is 3. The van der Waals surface area contributed by atoms with E-state index in [9.17, 15) is 5.11 Å². The van der Waals surface area contributed by atoms with Crippen molar-refractivity contribution in [1.82, 2.24) is 0 Å². The first-order valence-corrected chi connectivity index (χ1v) is 3.96. The molecule has 0 amide bonds. The molecule has 1 heterocycles. The van der Waals surface area contributed by atoms with Crippen LogP contribution in [0.15, 0.2) is 0 Å². The van der Waals surface area contributed by atoms with Crippen LogP contribution >= 0.6 is 0 Å². The first-order valence-electron chi connectivity index (χ1n) is 3.96. The van der Waals surface area contributed by atoms with Crippen molar-refractivity contribution in [3.05, 3.63) is 0 Å². The van der Waals surface area contributed by atoms with Crippen LogP contribution in [0.5, 0.6) is 0 Å². The summed E-state index contributed by atoms with van der Waals surface area (Å²) in [7, 11) is 0. The summed E-state index contributed by atoms with van der Waals surface area (Å²) in [6.07, 6.45) is 2.20. The summed E-state index contributed by atoms with van der Waals surface area (Å²) in [5, 5.41) is 9.70. The van der Waals surface area contributed by atoms with Crippen LogP contribution in [0, 0.1) is 0 Å². The minimum absolute atomic E-state index is 0.0902. The maximum atomic E-state index is 9.70. The molecule has 1 aliphatic rings. The van der Waals surface area contributed by atoms with Gasteiger partial charge in [0.15, 0.2) is 0 Å². The Hall–Kier alpha value is -0.0800. The van der Waals surface area contributed by atoms with Crippen molar-refractivity contribution in [1.29, 1.82) is 0 Å². The van der Waals surface area contributed by atoms with E-state index in [2.05, 4.69) is 6.92 Å². The zero-order chi connectivity index (χ0) is 7.78. The molecule has 0 unspecified atom stereocenters. The molecule has 0 bridgehead atoms. The number of epoxide rings is 1. The average molecular weight is 144 g/mol. The molecule has 3 atom stereocenters. The fourth-order valence-electron chi connectivity index (χ4n) is 1.49. The molecule has 2 heteroatoms. The summed E-state index contributed by atoms with van der Waals surface area (Å²) in [6, 6.07) is 0. The van der Waals surface area contributed by atoms with E-state index in [0.29, 0.717) is 0 Å². The lowest BCUT2D eigenvalue weighted by Gasteiger charge is -2.19. The lowest BCUT2D eigenvalue weighted by molar-refractivity contribution is 0.0209. The maximum Gasteiger partial charge on any atom is 0.112 e. The van der Waals surface area contributed by atoms with Gasteiger partial charge < -0.3 is 9.84 Å². The highest BCUT2D eigenvalue weighted by molar-refractivity contribution is 4.96. The van der Waals surface area contributed by atoms with Gasteiger partial charge in [0.1, 0.15) is 6.10 Å². The van der Waals surface area contributed by atoms with Gasteiger partial charge in [-0.1, -0.05) is 13.3 Å². The highest BCUT2D eigenvalue weighted by Gasteiger charge is 2.47. The summed E-state index contributed by atoms with van der Waals surface area (Å²) >= 11 is 0. The number of hydrogen-bond acceptors (Lipinski definition) is 2. The Bertz CT molecular complexity index is 120. The normalized spacial score (nSPS) is 37.2. The molecule has 1 rings (SSSR count). The van der Waals surface area contributed by atoms with Gasteiger partial charge >= 0.3 is 0 Å². The quantitative estimate of drug-likeness (QED) is 0.606. The fraction of sp³-hybridized carbons (Fsp3) is 1.00. The molecule has 10 heavy (non-hydrogen) atoms. The predicted molar refractivity (Wildman–Crippen MR) is 39.9 cm³/mol. The van der Waals surface area contributed by atoms with Gasteiger partial charge in [-0.05, 0) is 20.3 Å². The van der Waals surface area contributed by atoms with Crippen LogP contribution in [0.25, 0.3) is 0 Å². The van der Waals surface area contributed by atoms with Gasteiger partial charge in [-0.25, -0.2) is 0 Å². The molecular formula is C8H16O2. The topological polar surface area (TPSA) is 32.8 Å². The van der Waals surface area contributed by atoms with Crippen molar-refractivity contribution in [2.24, 2.45) is 0 Å². The highest BCUT2D eigenvalue weighted by atomic mass is 16.6. The van der Waals surface area contributed by atoms with E-state index in [1.807, 2.05) is 13.8 Å². The van der Waals surface area contributed by atoms with E-state index in [1.165, 1.54) is 0 Å². The zero-order valence-electron chi connectivity index (χ0n) is 6.92. The molecule has 1 N–H and O–H groups in total. The SMILES string of the molecule is CCC[C@@](C)(O)[C@@H]1O[C@H]1C. The van der Waals surface area contributed by atoms with E-state index >= 15 is 0 Å². The maximum absolute atomic E-state index is 9.70. The van der Waals surface area contributed by atoms with Gasteiger partial charge in [-0.3, -0.25) is 0 Å². The monoisotopic (exact) mass is 144 g/mol. The van der Waals surface area contributed by atoms with Crippen LogP contribution in [0.1, 0.15) is 33.6 Å².